The lowest BCUT2D eigenvalue weighted by Gasteiger charge is -2.10. The molecule has 0 aromatic heterocycles. The highest BCUT2D eigenvalue weighted by molar-refractivity contribution is 5.70. The van der Waals surface area contributed by atoms with E-state index in [2.05, 4.69) is 5.32 Å². The van der Waals surface area contributed by atoms with Gasteiger partial charge in [-0.1, -0.05) is 12.1 Å². The molecule has 0 saturated carbocycles. The van der Waals surface area contributed by atoms with Gasteiger partial charge in [0.25, 0.3) is 0 Å². The highest BCUT2D eigenvalue weighted by Crippen LogP contribution is 2.29. The van der Waals surface area contributed by atoms with E-state index in [0.29, 0.717) is 17.1 Å². The van der Waals surface area contributed by atoms with Gasteiger partial charge in [0.1, 0.15) is 11.5 Å². The van der Waals surface area contributed by atoms with Crippen LogP contribution in [0.5, 0.6) is 11.5 Å². The number of benzene rings is 2. The molecule has 0 heterocycles. The number of alkyl halides is 3. The van der Waals surface area contributed by atoms with Gasteiger partial charge in [-0.25, -0.2) is 4.79 Å². The zero-order chi connectivity index (χ0) is 16.9. The molecule has 0 saturated heterocycles. The average molecular weight is 325 g/mol. The molecule has 4 nitrogen and oxygen atoms in total. The van der Waals surface area contributed by atoms with E-state index in [4.69, 9.17) is 9.47 Å². The summed E-state index contributed by atoms with van der Waals surface area (Å²) in [4.78, 5) is 11.6. The zero-order valence-corrected chi connectivity index (χ0v) is 12.2. The fourth-order valence-corrected chi connectivity index (χ4v) is 1.82. The van der Waals surface area contributed by atoms with Crippen LogP contribution in [0.1, 0.15) is 11.1 Å². The lowest BCUT2D eigenvalue weighted by Crippen LogP contribution is -2.26. The van der Waals surface area contributed by atoms with Crippen LogP contribution in [0.25, 0.3) is 0 Å². The molecular formula is C16H14F3NO3. The molecular weight excluding hydrogens is 311 g/mol. The standard InChI is InChI=1S/C16H14F3NO3/c1-22-13-5-7-14(8-6-13)23-15(21)20-10-11-3-2-4-12(9-11)16(17,18)19/h2-9H,10H2,1H3,(H,20,21). The average Bonchev–Trinajstić information content (AvgIpc) is 2.53. The van der Waals surface area contributed by atoms with Gasteiger partial charge in [-0.2, -0.15) is 13.2 Å². The summed E-state index contributed by atoms with van der Waals surface area (Å²) >= 11 is 0. The Morgan fingerprint density at radius 3 is 2.35 bits per heavy atom. The van der Waals surface area contributed by atoms with Crippen LogP contribution in [-0.4, -0.2) is 13.2 Å². The third-order valence-electron chi connectivity index (χ3n) is 2.96. The second kappa shape index (κ2) is 7.04. The van der Waals surface area contributed by atoms with E-state index in [1.165, 1.54) is 19.2 Å². The molecule has 0 aliphatic carbocycles. The van der Waals surface area contributed by atoms with E-state index in [1.807, 2.05) is 0 Å². The van der Waals surface area contributed by atoms with Gasteiger partial charge in [-0.3, -0.25) is 0 Å². The Balaban J connectivity index is 1.91. The molecule has 0 aliphatic heterocycles. The summed E-state index contributed by atoms with van der Waals surface area (Å²) in [6.07, 6.45) is -5.17. The van der Waals surface area contributed by atoms with Gasteiger partial charge in [0.2, 0.25) is 0 Å². The first-order chi connectivity index (χ1) is 10.9. The molecule has 0 unspecified atom stereocenters. The van der Waals surface area contributed by atoms with Gasteiger partial charge in [0, 0.05) is 6.54 Å². The summed E-state index contributed by atoms with van der Waals surface area (Å²) in [6, 6.07) is 11.1. The summed E-state index contributed by atoms with van der Waals surface area (Å²) in [5.41, 5.74) is -0.438. The number of carbonyl (C=O) groups is 1. The molecule has 0 spiro atoms. The Morgan fingerprint density at radius 2 is 1.74 bits per heavy atom. The van der Waals surface area contributed by atoms with Crippen LogP contribution in [0.4, 0.5) is 18.0 Å². The largest absolute Gasteiger partial charge is 0.497 e. The molecule has 23 heavy (non-hydrogen) atoms. The van der Waals surface area contributed by atoms with E-state index >= 15 is 0 Å². The van der Waals surface area contributed by atoms with E-state index in [-0.39, 0.29) is 6.54 Å². The van der Waals surface area contributed by atoms with Gasteiger partial charge in [0.15, 0.2) is 0 Å². The van der Waals surface area contributed by atoms with Crippen LogP contribution < -0.4 is 14.8 Å². The second-order valence-corrected chi connectivity index (χ2v) is 4.62. The summed E-state index contributed by atoms with van der Waals surface area (Å²) in [5.74, 6) is 0.911. The minimum atomic E-state index is -4.42. The van der Waals surface area contributed by atoms with Crippen LogP contribution >= 0.6 is 0 Å². The number of ether oxygens (including phenoxy) is 2. The van der Waals surface area contributed by atoms with Crippen LogP contribution in [0.3, 0.4) is 0 Å². The predicted octanol–water partition coefficient (Wildman–Crippen LogP) is 4.00. The van der Waals surface area contributed by atoms with Crippen molar-refractivity contribution in [2.75, 3.05) is 7.11 Å². The minimum absolute atomic E-state index is 0.0705. The molecule has 0 fully saturated rings. The Hall–Kier alpha value is -2.70. The number of hydrogen-bond acceptors (Lipinski definition) is 3. The van der Waals surface area contributed by atoms with Crippen molar-refractivity contribution in [3.8, 4) is 11.5 Å². The van der Waals surface area contributed by atoms with Crippen molar-refractivity contribution in [1.29, 1.82) is 0 Å². The zero-order valence-electron chi connectivity index (χ0n) is 12.2. The predicted molar refractivity (Wildman–Crippen MR) is 77.3 cm³/mol. The first kappa shape index (κ1) is 16.7. The molecule has 1 amide bonds. The van der Waals surface area contributed by atoms with Crippen LogP contribution in [0, 0.1) is 0 Å². The SMILES string of the molecule is COc1ccc(OC(=O)NCc2cccc(C(F)(F)F)c2)cc1. The third-order valence-corrected chi connectivity index (χ3v) is 2.96. The lowest BCUT2D eigenvalue weighted by atomic mass is 10.1. The molecule has 0 radical (unpaired) electrons. The molecule has 0 bridgehead atoms. The Kier molecular flexibility index (Phi) is 5.10. The van der Waals surface area contributed by atoms with Crippen molar-refractivity contribution < 1.29 is 27.4 Å². The topological polar surface area (TPSA) is 47.6 Å². The quantitative estimate of drug-likeness (QED) is 0.924. The van der Waals surface area contributed by atoms with Crippen molar-refractivity contribution >= 4 is 6.09 Å². The van der Waals surface area contributed by atoms with Crippen molar-refractivity contribution in [2.24, 2.45) is 0 Å². The van der Waals surface area contributed by atoms with Crippen LogP contribution in [0.2, 0.25) is 0 Å². The highest BCUT2D eigenvalue weighted by atomic mass is 19.4. The van der Waals surface area contributed by atoms with Crippen molar-refractivity contribution in [3.05, 3.63) is 59.7 Å². The lowest BCUT2D eigenvalue weighted by molar-refractivity contribution is -0.137. The van der Waals surface area contributed by atoms with Crippen molar-refractivity contribution in [3.63, 3.8) is 0 Å². The third kappa shape index (κ3) is 4.91. The molecule has 2 rings (SSSR count). The van der Waals surface area contributed by atoms with E-state index in [1.54, 1.807) is 24.3 Å². The summed E-state index contributed by atoms with van der Waals surface area (Å²) in [5, 5.41) is 2.39. The maximum Gasteiger partial charge on any atom is 0.416 e. The fourth-order valence-electron chi connectivity index (χ4n) is 1.82. The van der Waals surface area contributed by atoms with Gasteiger partial charge < -0.3 is 14.8 Å². The monoisotopic (exact) mass is 325 g/mol. The maximum atomic E-state index is 12.6. The van der Waals surface area contributed by atoms with Gasteiger partial charge in [0.05, 0.1) is 12.7 Å². The van der Waals surface area contributed by atoms with E-state index in [0.717, 1.165) is 12.1 Å². The number of amides is 1. The summed E-state index contributed by atoms with van der Waals surface area (Å²) in [7, 11) is 1.51. The summed E-state index contributed by atoms with van der Waals surface area (Å²) < 4.78 is 47.8. The van der Waals surface area contributed by atoms with Gasteiger partial charge in [-0.15, -0.1) is 0 Å². The molecule has 2 aromatic carbocycles. The normalized spacial score (nSPS) is 11.0. The summed E-state index contributed by atoms with van der Waals surface area (Å²) in [6.45, 7) is -0.0705. The van der Waals surface area contributed by atoms with E-state index in [9.17, 15) is 18.0 Å². The number of halogens is 3. The Bertz CT molecular complexity index is 669. The smallest absolute Gasteiger partial charge is 0.416 e. The van der Waals surface area contributed by atoms with Gasteiger partial charge in [-0.05, 0) is 42.0 Å². The molecule has 2 aromatic rings. The van der Waals surface area contributed by atoms with Gasteiger partial charge >= 0.3 is 12.3 Å². The second-order valence-electron chi connectivity index (χ2n) is 4.62. The molecule has 1 N–H and O–H groups in total. The number of rotatable bonds is 4. The number of nitrogens with one attached hydrogen (secondary N) is 1. The first-order valence-electron chi connectivity index (χ1n) is 6.64. The van der Waals surface area contributed by atoms with E-state index < -0.39 is 17.8 Å². The Labute approximate surface area is 130 Å². The van der Waals surface area contributed by atoms with Crippen LogP contribution in [-0.2, 0) is 12.7 Å². The highest BCUT2D eigenvalue weighted by Gasteiger charge is 2.30. The fraction of sp³-hybridized carbons (Fsp3) is 0.188. The van der Waals surface area contributed by atoms with Crippen molar-refractivity contribution in [2.45, 2.75) is 12.7 Å². The molecule has 0 aliphatic rings. The molecule has 0 atom stereocenters. The number of methoxy groups -OCH3 is 1. The molecule has 7 heteroatoms. The van der Waals surface area contributed by atoms with Crippen molar-refractivity contribution in [1.82, 2.24) is 5.32 Å². The van der Waals surface area contributed by atoms with Crippen LogP contribution in [0.15, 0.2) is 48.5 Å². The first-order valence-corrected chi connectivity index (χ1v) is 6.64. The number of carbonyl (C=O) groups excluding carboxylic acids is 1. The maximum absolute atomic E-state index is 12.6. The molecule has 122 valence electrons. The Morgan fingerprint density at radius 1 is 1.09 bits per heavy atom. The number of hydrogen-bond donors (Lipinski definition) is 1. The minimum Gasteiger partial charge on any atom is -0.497 e.